The summed E-state index contributed by atoms with van der Waals surface area (Å²) in [5.41, 5.74) is 3.45. The van der Waals surface area contributed by atoms with Crippen molar-refractivity contribution in [2.24, 2.45) is 0 Å². The first-order valence-electron chi connectivity index (χ1n) is 11.9. The number of aryl methyl sites for hydroxylation is 1. The highest BCUT2D eigenvalue weighted by Gasteiger charge is 2.17. The number of hydrogen-bond acceptors (Lipinski definition) is 7. The Bertz CT molecular complexity index is 1120. The molecule has 0 radical (unpaired) electrons. The van der Waals surface area contributed by atoms with E-state index in [-0.39, 0.29) is 5.91 Å². The molecular formula is C28H35N3O5. The number of morpholine rings is 1. The van der Waals surface area contributed by atoms with Crippen LogP contribution in [-0.2, 0) is 15.9 Å². The average molecular weight is 494 g/mol. The molecule has 1 saturated heterocycles. The fourth-order valence-corrected chi connectivity index (χ4v) is 3.68. The molecule has 0 spiro atoms. The number of amides is 1. The maximum absolute atomic E-state index is 13.0. The zero-order chi connectivity index (χ0) is 25.8. The van der Waals surface area contributed by atoms with Crippen molar-refractivity contribution >= 4 is 17.4 Å². The standard InChI is InChI=1S/C26H29N3O4.C2H6O/c1-19-5-3-7-22(15-19)27-26(30)21-17-24(29-10-13-32-14-11-29)28-25(18-21)33-12-9-20-6-4-8-23(16-20)31-2;1-3-2/h3-8,15-18H,9-14H2,1-2H3,(H,27,30);1-2H3. The lowest BCUT2D eigenvalue weighted by Gasteiger charge is -2.28. The first kappa shape index (κ1) is 27.0. The Kier molecular flexibility index (Phi) is 10.5. The summed E-state index contributed by atoms with van der Waals surface area (Å²) < 4.78 is 21.0. The first-order valence-corrected chi connectivity index (χ1v) is 11.9. The van der Waals surface area contributed by atoms with Gasteiger partial charge in [-0.3, -0.25) is 4.79 Å². The van der Waals surface area contributed by atoms with Gasteiger partial charge in [0.25, 0.3) is 5.91 Å². The summed E-state index contributed by atoms with van der Waals surface area (Å²) in [5.74, 6) is 1.76. The molecule has 0 bridgehead atoms. The van der Waals surface area contributed by atoms with E-state index >= 15 is 0 Å². The Hall–Kier alpha value is -3.62. The van der Waals surface area contributed by atoms with Gasteiger partial charge in [0.05, 0.1) is 26.9 Å². The van der Waals surface area contributed by atoms with Crippen LogP contribution in [0.4, 0.5) is 11.5 Å². The van der Waals surface area contributed by atoms with Gasteiger partial charge < -0.3 is 29.2 Å². The van der Waals surface area contributed by atoms with Crippen LogP contribution in [0, 0.1) is 6.92 Å². The van der Waals surface area contributed by atoms with E-state index in [1.165, 1.54) is 0 Å². The monoisotopic (exact) mass is 493 g/mol. The lowest BCUT2D eigenvalue weighted by atomic mass is 10.1. The molecule has 2 aromatic carbocycles. The Labute approximate surface area is 213 Å². The van der Waals surface area contributed by atoms with Crippen LogP contribution in [0.2, 0.25) is 0 Å². The number of nitrogens with zero attached hydrogens (tertiary/aromatic N) is 2. The molecule has 8 heteroatoms. The van der Waals surface area contributed by atoms with E-state index in [9.17, 15) is 4.79 Å². The first-order chi connectivity index (χ1) is 17.5. The molecule has 1 aliphatic rings. The molecule has 1 fully saturated rings. The van der Waals surface area contributed by atoms with Crippen molar-refractivity contribution in [3.8, 4) is 11.6 Å². The minimum atomic E-state index is -0.199. The number of rotatable bonds is 8. The predicted molar refractivity (Wildman–Crippen MR) is 142 cm³/mol. The van der Waals surface area contributed by atoms with Gasteiger partial charge >= 0.3 is 0 Å². The highest BCUT2D eigenvalue weighted by Crippen LogP contribution is 2.22. The normalized spacial score (nSPS) is 12.8. The van der Waals surface area contributed by atoms with Crippen molar-refractivity contribution in [2.45, 2.75) is 13.3 Å². The molecule has 36 heavy (non-hydrogen) atoms. The third-order valence-corrected chi connectivity index (χ3v) is 5.44. The number of benzene rings is 2. The topological polar surface area (TPSA) is 82.2 Å². The maximum atomic E-state index is 13.0. The van der Waals surface area contributed by atoms with Crippen LogP contribution in [0.15, 0.2) is 60.7 Å². The van der Waals surface area contributed by atoms with Crippen molar-refractivity contribution in [1.29, 1.82) is 0 Å². The van der Waals surface area contributed by atoms with Crippen LogP contribution < -0.4 is 19.7 Å². The fourth-order valence-electron chi connectivity index (χ4n) is 3.68. The smallest absolute Gasteiger partial charge is 0.255 e. The second-order valence-corrected chi connectivity index (χ2v) is 8.33. The molecule has 1 N–H and O–H groups in total. The van der Waals surface area contributed by atoms with Crippen LogP contribution in [0.5, 0.6) is 11.6 Å². The van der Waals surface area contributed by atoms with Gasteiger partial charge in [-0.2, -0.15) is 4.98 Å². The lowest BCUT2D eigenvalue weighted by Crippen LogP contribution is -2.37. The van der Waals surface area contributed by atoms with Gasteiger partial charge in [0, 0.05) is 51.0 Å². The van der Waals surface area contributed by atoms with E-state index in [2.05, 4.69) is 19.9 Å². The third-order valence-electron chi connectivity index (χ3n) is 5.44. The third kappa shape index (κ3) is 8.25. The highest BCUT2D eigenvalue weighted by atomic mass is 16.5. The van der Waals surface area contributed by atoms with Crippen LogP contribution in [0.1, 0.15) is 21.5 Å². The van der Waals surface area contributed by atoms with Gasteiger partial charge in [0.2, 0.25) is 5.88 Å². The SMILES string of the molecule is COC.COc1cccc(CCOc2cc(C(=O)Nc3cccc(C)c3)cc(N3CCOCC3)n2)c1. The number of nitrogens with one attached hydrogen (secondary N) is 1. The molecule has 192 valence electrons. The van der Waals surface area contributed by atoms with Crippen molar-refractivity contribution in [3.05, 3.63) is 77.4 Å². The van der Waals surface area contributed by atoms with Crippen LogP contribution in [0.3, 0.4) is 0 Å². The Morgan fingerprint density at radius 2 is 1.78 bits per heavy atom. The fraction of sp³-hybridized carbons (Fsp3) is 0.357. The number of pyridine rings is 1. The number of hydrogen-bond donors (Lipinski definition) is 1. The van der Waals surface area contributed by atoms with Crippen molar-refractivity contribution in [1.82, 2.24) is 4.98 Å². The summed E-state index contributed by atoms with van der Waals surface area (Å²) in [6.45, 7) is 5.14. The van der Waals surface area contributed by atoms with E-state index < -0.39 is 0 Å². The summed E-state index contributed by atoms with van der Waals surface area (Å²) in [7, 11) is 4.90. The number of anilines is 2. The zero-order valence-corrected chi connectivity index (χ0v) is 21.5. The van der Waals surface area contributed by atoms with Gasteiger partial charge in [-0.05, 0) is 48.4 Å². The molecule has 1 aromatic heterocycles. The quantitative estimate of drug-likeness (QED) is 0.499. The van der Waals surface area contributed by atoms with Gasteiger partial charge in [-0.1, -0.05) is 24.3 Å². The molecule has 0 saturated carbocycles. The van der Waals surface area contributed by atoms with E-state index in [0.717, 1.165) is 35.7 Å². The highest BCUT2D eigenvalue weighted by molar-refractivity contribution is 6.05. The van der Waals surface area contributed by atoms with E-state index in [0.29, 0.717) is 43.5 Å². The molecular weight excluding hydrogens is 458 g/mol. The minimum Gasteiger partial charge on any atom is -0.497 e. The Morgan fingerprint density at radius 1 is 1.03 bits per heavy atom. The molecule has 8 nitrogen and oxygen atoms in total. The summed E-state index contributed by atoms with van der Waals surface area (Å²) in [5, 5.41) is 2.97. The number of carbonyl (C=O) groups excluding carboxylic acids is 1. The largest absolute Gasteiger partial charge is 0.497 e. The van der Waals surface area contributed by atoms with E-state index in [1.54, 1.807) is 27.4 Å². The van der Waals surface area contributed by atoms with Crippen LogP contribution in [-0.4, -0.2) is 65.1 Å². The second kappa shape index (κ2) is 14.1. The lowest BCUT2D eigenvalue weighted by molar-refractivity contribution is 0.102. The number of ether oxygens (including phenoxy) is 4. The molecule has 0 aliphatic carbocycles. The van der Waals surface area contributed by atoms with Gasteiger partial charge in [0.1, 0.15) is 11.6 Å². The van der Waals surface area contributed by atoms with Gasteiger partial charge in [-0.15, -0.1) is 0 Å². The maximum Gasteiger partial charge on any atom is 0.255 e. The summed E-state index contributed by atoms with van der Waals surface area (Å²) in [4.78, 5) is 19.8. The predicted octanol–water partition coefficient (Wildman–Crippen LogP) is 4.37. The van der Waals surface area contributed by atoms with Crippen LogP contribution in [0.25, 0.3) is 0 Å². The summed E-state index contributed by atoms with van der Waals surface area (Å²) in [6, 6.07) is 19.1. The van der Waals surface area contributed by atoms with Crippen molar-refractivity contribution in [2.75, 3.05) is 64.5 Å². The Morgan fingerprint density at radius 3 is 2.50 bits per heavy atom. The van der Waals surface area contributed by atoms with Gasteiger partial charge in [0.15, 0.2) is 0 Å². The summed E-state index contributed by atoms with van der Waals surface area (Å²) >= 11 is 0. The average Bonchev–Trinajstić information content (AvgIpc) is 2.90. The van der Waals surface area contributed by atoms with Gasteiger partial charge in [-0.25, -0.2) is 0 Å². The number of carbonyl (C=O) groups is 1. The summed E-state index contributed by atoms with van der Waals surface area (Å²) in [6.07, 6.45) is 0.700. The molecule has 0 unspecified atom stereocenters. The van der Waals surface area contributed by atoms with Crippen molar-refractivity contribution in [3.63, 3.8) is 0 Å². The molecule has 3 aromatic rings. The van der Waals surface area contributed by atoms with E-state index in [1.807, 2.05) is 61.5 Å². The molecule has 1 aliphatic heterocycles. The minimum absolute atomic E-state index is 0.199. The second-order valence-electron chi connectivity index (χ2n) is 8.33. The molecule has 1 amide bonds. The van der Waals surface area contributed by atoms with Crippen molar-refractivity contribution < 1.29 is 23.7 Å². The zero-order valence-electron chi connectivity index (χ0n) is 21.5. The molecule has 0 atom stereocenters. The number of methoxy groups -OCH3 is 2. The number of aromatic nitrogens is 1. The molecule has 4 rings (SSSR count). The van der Waals surface area contributed by atoms with E-state index in [4.69, 9.17) is 14.2 Å². The Balaban J connectivity index is 0.00000115. The molecule has 2 heterocycles. The van der Waals surface area contributed by atoms with Crippen LogP contribution >= 0.6 is 0 Å².